The van der Waals surface area contributed by atoms with Crippen molar-refractivity contribution in [3.8, 4) is 17.1 Å². The third kappa shape index (κ3) is 6.90. The van der Waals surface area contributed by atoms with Crippen LogP contribution in [0.4, 0.5) is 0 Å². The normalized spacial score (nSPS) is 9.89. The van der Waals surface area contributed by atoms with Crippen LogP contribution in [-0.4, -0.2) is 25.0 Å². The smallest absolute Gasteiger partial charge is 0.226 e. The summed E-state index contributed by atoms with van der Waals surface area (Å²) in [6.45, 7) is 3.62. The van der Waals surface area contributed by atoms with E-state index < -0.39 is 5.43 Å². The average Bonchev–Trinajstić information content (AvgIpc) is 2.93. The number of benzene rings is 1. The molecule has 5 heterocycles. The van der Waals surface area contributed by atoms with E-state index in [-0.39, 0.29) is 31.0 Å². The molecule has 6 rings (SSSR count). The molecular weight excluding hydrogens is 553 g/mol. The largest absolute Gasteiger partial charge is 0.502 e. The van der Waals surface area contributed by atoms with Gasteiger partial charge in [-0.1, -0.05) is 30.3 Å². The van der Waals surface area contributed by atoms with Crippen LogP contribution in [0, 0.1) is 13.8 Å². The van der Waals surface area contributed by atoms with Gasteiger partial charge in [0.2, 0.25) is 11.2 Å². The van der Waals surface area contributed by atoms with Crippen molar-refractivity contribution in [2.45, 2.75) is 13.8 Å². The molecule has 7 nitrogen and oxygen atoms in total. The van der Waals surface area contributed by atoms with Crippen molar-refractivity contribution in [3.63, 3.8) is 0 Å². The predicted molar refractivity (Wildman–Crippen MR) is 141 cm³/mol. The molecule has 37 heavy (non-hydrogen) atoms. The molecule has 8 heteroatoms. The van der Waals surface area contributed by atoms with E-state index in [2.05, 4.69) is 49.5 Å². The molecule has 0 atom stereocenters. The maximum atomic E-state index is 10.5. The van der Waals surface area contributed by atoms with Crippen LogP contribution in [0.2, 0.25) is 0 Å². The van der Waals surface area contributed by atoms with E-state index >= 15 is 0 Å². The number of rotatable bonds is 1. The summed E-state index contributed by atoms with van der Waals surface area (Å²) in [5.74, 6) is -0.0556. The molecule has 0 radical (unpaired) electrons. The maximum absolute atomic E-state index is 10.5. The molecule has 0 unspecified atom stereocenters. The van der Waals surface area contributed by atoms with Gasteiger partial charge in [0.15, 0.2) is 0 Å². The summed E-state index contributed by atoms with van der Waals surface area (Å²) in [5.41, 5.74) is 4.65. The van der Waals surface area contributed by atoms with E-state index in [9.17, 15) is 4.79 Å². The minimum absolute atomic E-state index is 0. The van der Waals surface area contributed by atoms with E-state index in [1.165, 1.54) is 30.2 Å². The van der Waals surface area contributed by atoms with Crippen LogP contribution in [0.3, 0.4) is 0 Å². The Kier molecular flexibility index (Phi) is 9.70. The van der Waals surface area contributed by atoms with Crippen LogP contribution < -0.4 is 5.43 Å². The Morgan fingerprint density at radius 3 is 1.92 bits per heavy atom. The summed E-state index contributed by atoms with van der Waals surface area (Å²) < 4.78 is 4.69. The van der Waals surface area contributed by atoms with E-state index in [0.29, 0.717) is 0 Å². The van der Waals surface area contributed by atoms with Crippen LogP contribution in [0.5, 0.6) is 5.75 Å². The Labute approximate surface area is 226 Å². The molecule has 0 saturated carbocycles. The predicted octanol–water partition coefficient (Wildman–Crippen LogP) is 5.89. The molecular formula is C29H24N4O3Ru. The summed E-state index contributed by atoms with van der Waals surface area (Å²) in [4.78, 5) is 27.7. The number of nitrogens with zero attached hydrogens (tertiary/aromatic N) is 4. The molecule has 1 aromatic carbocycles. The zero-order valence-electron chi connectivity index (χ0n) is 20.2. The first kappa shape index (κ1) is 27.3. The second kappa shape index (κ2) is 13.1. The number of hydrogen-bond acceptors (Lipinski definition) is 7. The van der Waals surface area contributed by atoms with Crippen LogP contribution in [-0.2, 0) is 19.5 Å². The fraction of sp³-hybridized carbons (Fsp3) is 0.0690. The van der Waals surface area contributed by atoms with Crippen LogP contribution in [0.25, 0.3) is 33.2 Å². The van der Waals surface area contributed by atoms with E-state index in [4.69, 9.17) is 5.11 Å². The van der Waals surface area contributed by atoms with Crippen LogP contribution >= 0.6 is 0 Å². The molecule has 0 spiro atoms. The summed E-state index contributed by atoms with van der Waals surface area (Å²) in [6, 6.07) is 23.0. The molecule has 0 aliphatic rings. The van der Waals surface area contributed by atoms with Crippen LogP contribution in [0.1, 0.15) is 11.3 Å². The Hall–Kier alpha value is -4.29. The van der Waals surface area contributed by atoms with Gasteiger partial charge in [-0.3, -0.25) is 24.7 Å². The topological polar surface area (TPSA) is 102 Å². The van der Waals surface area contributed by atoms with Gasteiger partial charge in [0.1, 0.15) is 5.76 Å². The van der Waals surface area contributed by atoms with Gasteiger partial charge in [0, 0.05) is 61.1 Å². The second-order valence-electron chi connectivity index (χ2n) is 7.78. The second-order valence-corrected chi connectivity index (χ2v) is 7.78. The first-order chi connectivity index (χ1) is 17.5. The van der Waals surface area contributed by atoms with E-state index in [1.54, 1.807) is 12.4 Å². The van der Waals surface area contributed by atoms with Gasteiger partial charge in [-0.25, -0.2) is 0 Å². The number of pyridine rings is 4. The molecule has 0 aliphatic heterocycles. The standard InChI is InChI=1S/C13H10N2.C10H8N2.C6H6O3.Ru/c1-9-6-8-15-13-11(9)5-4-10-3-2-7-14-12(10)13;1-3-7-11-9(5-1)10-6-2-4-8-12-10;1-4-6(8)5(7)2-3-9-4;/h2-8H,1H3;1-8H;2-3,8H,1H3;. The Morgan fingerprint density at radius 1 is 0.676 bits per heavy atom. The van der Waals surface area contributed by atoms with Crippen molar-refractivity contribution in [1.82, 2.24) is 19.9 Å². The van der Waals surface area contributed by atoms with Crippen molar-refractivity contribution in [1.29, 1.82) is 0 Å². The molecule has 0 saturated heterocycles. The van der Waals surface area contributed by atoms with E-state index in [1.807, 2.05) is 60.9 Å². The Bertz CT molecular complexity index is 1600. The number of aryl methyl sites for hydroxylation is 2. The molecule has 0 bridgehead atoms. The molecule has 0 amide bonds. The molecule has 1 N–H and O–H groups in total. The maximum Gasteiger partial charge on any atom is 0.226 e. The summed E-state index contributed by atoms with van der Waals surface area (Å²) in [6.07, 6.45) is 8.43. The quantitative estimate of drug-likeness (QED) is 0.192. The van der Waals surface area contributed by atoms with Crippen molar-refractivity contribution >= 4 is 21.8 Å². The van der Waals surface area contributed by atoms with Gasteiger partial charge in [-0.05, 0) is 55.8 Å². The average molecular weight is 578 g/mol. The van der Waals surface area contributed by atoms with E-state index in [0.717, 1.165) is 27.8 Å². The number of aromatic nitrogens is 4. The Balaban J connectivity index is 0.000000157. The van der Waals surface area contributed by atoms with Gasteiger partial charge in [-0.15, -0.1) is 0 Å². The first-order valence-corrected chi connectivity index (χ1v) is 11.2. The number of fused-ring (bicyclic) bond motifs is 3. The number of hydrogen-bond donors (Lipinski definition) is 1. The third-order valence-electron chi connectivity index (χ3n) is 5.32. The summed E-state index contributed by atoms with van der Waals surface area (Å²) in [7, 11) is 0. The SMILES string of the molecule is Cc1ccnc2c1ccc1cccnc12.Cc1occc(=O)c1O.[Ru].c1ccc(-c2ccccn2)nc1. The molecule has 0 aliphatic carbocycles. The molecule has 186 valence electrons. The number of aromatic hydroxyl groups is 1. The fourth-order valence-electron chi connectivity index (χ4n) is 3.43. The van der Waals surface area contributed by atoms with Crippen molar-refractivity contribution in [3.05, 3.63) is 125 Å². The van der Waals surface area contributed by atoms with Crippen LogP contribution in [0.15, 0.2) is 113 Å². The summed E-state index contributed by atoms with van der Waals surface area (Å²) >= 11 is 0. The van der Waals surface area contributed by atoms with Gasteiger partial charge in [-0.2, -0.15) is 0 Å². The zero-order chi connectivity index (χ0) is 25.3. The Morgan fingerprint density at radius 2 is 1.32 bits per heavy atom. The molecule has 6 aromatic rings. The summed E-state index contributed by atoms with van der Waals surface area (Å²) in [5, 5.41) is 11.1. The van der Waals surface area contributed by atoms with Gasteiger partial charge >= 0.3 is 0 Å². The van der Waals surface area contributed by atoms with Gasteiger partial charge < -0.3 is 9.52 Å². The third-order valence-corrected chi connectivity index (χ3v) is 5.32. The molecule has 5 aromatic heterocycles. The van der Waals surface area contributed by atoms with Crippen molar-refractivity contribution in [2.75, 3.05) is 0 Å². The van der Waals surface area contributed by atoms with Gasteiger partial charge in [0.05, 0.1) is 28.7 Å². The van der Waals surface area contributed by atoms with Crippen molar-refractivity contribution in [2.24, 2.45) is 0 Å². The minimum Gasteiger partial charge on any atom is -0.502 e. The zero-order valence-corrected chi connectivity index (χ0v) is 22.0. The van der Waals surface area contributed by atoms with Crippen molar-refractivity contribution < 1.29 is 29.0 Å². The monoisotopic (exact) mass is 578 g/mol. The first-order valence-electron chi connectivity index (χ1n) is 11.2. The fourth-order valence-corrected chi connectivity index (χ4v) is 3.43. The van der Waals surface area contributed by atoms with Gasteiger partial charge in [0.25, 0.3) is 0 Å². The molecule has 0 fully saturated rings. The minimum atomic E-state index is -0.404.